The first-order chi connectivity index (χ1) is 26.3. The van der Waals surface area contributed by atoms with Crippen LogP contribution in [0.1, 0.15) is 0 Å². The Bertz CT molecular complexity index is 2540. The Kier molecular flexibility index (Phi) is 9.81. The average molecular weight is 731 g/mol. The summed E-state index contributed by atoms with van der Waals surface area (Å²) in [5.74, 6) is 0.125. The number of pyridine rings is 2. The predicted octanol–water partition coefficient (Wildman–Crippen LogP) is 4.91. The van der Waals surface area contributed by atoms with E-state index in [1.165, 1.54) is 43.6 Å². The minimum absolute atomic E-state index is 0.00672. The molecule has 0 unspecified atom stereocenters. The van der Waals surface area contributed by atoms with Gasteiger partial charge in [0.1, 0.15) is 5.82 Å². The Balaban J connectivity index is 0.000000167. The molecule has 8 rings (SSSR count). The second-order valence-electron chi connectivity index (χ2n) is 10.6. The number of nitrogens with one attached hydrogen (secondary N) is 2. The number of methoxy groups -OCH3 is 1. The van der Waals surface area contributed by atoms with Crippen molar-refractivity contribution in [3.05, 3.63) is 103 Å². The van der Waals surface area contributed by atoms with Crippen LogP contribution in [-0.4, -0.2) is 67.3 Å². The zero-order chi connectivity index (χ0) is 37.4. The van der Waals surface area contributed by atoms with Gasteiger partial charge >= 0.3 is 0 Å². The van der Waals surface area contributed by atoms with Gasteiger partial charge in [-0.05, 0) is 48.5 Å². The molecular formula is C33H24F2N16O3. The first-order valence-corrected chi connectivity index (χ1v) is 15.5. The molecule has 21 heteroatoms. The number of anilines is 6. The average Bonchev–Trinajstić information content (AvgIpc) is 3.87. The summed E-state index contributed by atoms with van der Waals surface area (Å²) in [5.41, 5.74) is 13.3. The topological polar surface area (TPSA) is 266 Å². The van der Waals surface area contributed by atoms with Crippen LogP contribution < -0.4 is 26.8 Å². The van der Waals surface area contributed by atoms with E-state index in [2.05, 4.69) is 70.8 Å². The predicted molar refractivity (Wildman–Crippen MR) is 187 cm³/mol. The van der Waals surface area contributed by atoms with E-state index < -0.39 is 11.6 Å². The summed E-state index contributed by atoms with van der Waals surface area (Å²) in [6.07, 6.45) is 2.98. The third-order valence-electron chi connectivity index (χ3n) is 6.82. The summed E-state index contributed by atoms with van der Waals surface area (Å²) < 4.78 is 42.5. The molecule has 0 atom stereocenters. The maximum Gasteiger partial charge on any atom is 0.279 e. The zero-order valence-corrected chi connectivity index (χ0v) is 27.7. The molecule has 19 nitrogen and oxygen atoms in total. The van der Waals surface area contributed by atoms with Gasteiger partial charge in [-0.3, -0.25) is 0 Å². The SMILES string of the molecule is COc1cc(-c2nc(-c3nc(N)nc(Nc4ccccc4)n3)no2)ccn1.Nc1nc(Nc2cccc(F)c2)nc(-c2noc(-c3ncccc3F)n2)n1. The van der Waals surface area contributed by atoms with Crippen LogP contribution in [0.2, 0.25) is 0 Å². The van der Waals surface area contributed by atoms with Crippen LogP contribution in [-0.2, 0) is 0 Å². The van der Waals surface area contributed by atoms with Gasteiger partial charge in [0.25, 0.3) is 11.8 Å². The van der Waals surface area contributed by atoms with Crippen molar-refractivity contribution in [1.29, 1.82) is 0 Å². The summed E-state index contributed by atoms with van der Waals surface area (Å²) in [6, 6.07) is 21.2. The van der Waals surface area contributed by atoms with E-state index in [1.54, 1.807) is 24.4 Å². The zero-order valence-electron chi connectivity index (χ0n) is 27.7. The lowest BCUT2D eigenvalue weighted by Crippen LogP contribution is -2.05. The van der Waals surface area contributed by atoms with Crippen molar-refractivity contribution >= 4 is 35.2 Å². The van der Waals surface area contributed by atoms with Gasteiger partial charge in [0.2, 0.25) is 53.0 Å². The smallest absolute Gasteiger partial charge is 0.279 e. The van der Waals surface area contributed by atoms with Gasteiger partial charge in [-0.25, -0.2) is 18.7 Å². The fourth-order valence-electron chi connectivity index (χ4n) is 4.48. The minimum Gasteiger partial charge on any atom is -0.481 e. The highest BCUT2D eigenvalue weighted by molar-refractivity contribution is 5.60. The van der Waals surface area contributed by atoms with E-state index in [4.69, 9.17) is 25.3 Å². The lowest BCUT2D eigenvalue weighted by atomic mass is 10.2. The quantitative estimate of drug-likeness (QED) is 0.154. The molecule has 0 spiro atoms. The van der Waals surface area contributed by atoms with Crippen molar-refractivity contribution in [1.82, 2.24) is 60.2 Å². The van der Waals surface area contributed by atoms with Crippen molar-refractivity contribution in [3.63, 3.8) is 0 Å². The molecule has 0 aliphatic heterocycles. The minimum atomic E-state index is -0.615. The molecule has 0 amide bonds. The number of rotatable bonds is 9. The lowest BCUT2D eigenvalue weighted by Gasteiger charge is -2.05. The Morgan fingerprint density at radius 3 is 1.91 bits per heavy atom. The Hall–Kier alpha value is -8.10. The Morgan fingerprint density at radius 1 is 0.593 bits per heavy atom. The molecule has 0 saturated heterocycles. The number of benzene rings is 2. The summed E-state index contributed by atoms with van der Waals surface area (Å²) in [7, 11) is 1.53. The Morgan fingerprint density at radius 2 is 1.24 bits per heavy atom. The monoisotopic (exact) mass is 730 g/mol. The second-order valence-corrected chi connectivity index (χ2v) is 10.6. The van der Waals surface area contributed by atoms with Gasteiger partial charge in [0.15, 0.2) is 11.5 Å². The fraction of sp³-hybridized carbons (Fsp3) is 0.0303. The summed E-state index contributed by atoms with van der Waals surface area (Å²) >= 11 is 0. The normalized spacial score (nSPS) is 10.6. The molecule has 6 heterocycles. The molecule has 0 radical (unpaired) electrons. The first-order valence-electron chi connectivity index (χ1n) is 15.5. The van der Waals surface area contributed by atoms with Gasteiger partial charge in [0, 0.05) is 35.4 Å². The van der Waals surface area contributed by atoms with Crippen LogP contribution in [0.4, 0.5) is 43.9 Å². The number of aromatic nitrogens is 12. The van der Waals surface area contributed by atoms with Crippen LogP contribution in [0.25, 0.3) is 46.3 Å². The van der Waals surface area contributed by atoms with Gasteiger partial charge in [-0.1, -0.05) is 34.6 Å². The summed E-state index contributed by atoms with van der Waals surface area (Å²) in [4.78, 5) is 40.7. The van der Waals surface area contributed by atoms with E-state index in [1.807, 2.05) is 30.3 Å². The largest absolute Gasteiger partial charge is 0.481 e. The number of hydrogen-bond donors (Lipinski definition) is 4. The molecule has 2 aromatic carbocycles. The maximum absolute atomic E-state index is 13.8. The number of para-hydroxylation sites is 1. The van der Waals surface area contributed by atoms with Crippen LogP contribution >= 0.6 is 0 Å². The number of hydrogen-bond acceptors (Lipinski definition) is 19. The van der Waals surface area contributed by atoms with Gasteiger partial charge in [0.05, 0.1) is 7.11 Å². The van der Waals surface area contributed by atoms with E-state index in [-0.39, 0.29) is 64.6 Å². The molecule has 0 bridgehead atoms. The van der Waals surface area contributed by atoms with Crippen LogP contribution in [0.15, 0.2) is 100 Å². The molecule has 0 aliphatic rings. The van der Waals surface area contributed by atoms with Gasteiger partial charge in [-0.2, -0.15) is 39.9 Å². The third kappa shape index (κ3) is 8.26. The van der Waals surface area contributed by atoms with E-state index in [0.29, 0.717) is 17.1 Å². The van der Waals surface area contributed by atoms with Crippen molar-refractivity contribution in [3.8, 4) is 52.2 Å². The number of nitrogens with zero attached hydrogens (tertiary/aromatic N) is 12. The van der Waals surface area contributed by atoms with Gasteiger partial charge in [-0.15, -0.1) is 0 Å². The summed E-state index contributed by atoms with van der Waals surface area (Å²) in [5, 5.41) is 13.5. The van der Waals surface area contributed by atoms with Gasteiger partial charge < -0.3 is 35.9 Å². The van der Waals surface area contributed by atoms with Crippen LogP contribution in [0.5, 0.6) is 5.88 Å². The van der Waals surface area contributed by atoms with E-state index >= 15 is 0 Å². The van der Waals surface area contributed by atoms with Crippen LogP contribution in [0.3, 0.4) is 0 Å². The molecule has 0 aliphatic carbocycles. The van der Waals surface area contributed by atoms with E-state index in [0.717, 1.165) is 5.69 Å². The number of nitrogens with two attached hydrogens (primary N) is 2. The molecule has 268 valence electrons. The van der Waals surface area contributed by atoms with Crippen molar-refractivity contribution in [2.75, 3.05) is 29.2 Å². The van der Waals surface area contributed by atoms with Crippen molar-refractivity contribution in [2.24, 2.45) is 0 Å². The first kappa shape index (κ1) is 34.4. The Labute approximate surface area is 302 Å². The standard InChI is InChI=1S/C17H14N8O2.C16H10F2N8O/c1-26-12-9-10(7-8-19-12)15-21-14(25-27-15)13-22-16(18)24-17(23-13)20-11-5-3-2-4-6-11;17-8-3-1-4-9(7-8)21-16-24-12(23-15(19)25-16)13-22-14(27-26-13)11-10(18)5-2-6-20-11/h2-9H,1H3,(H3,18,20,22,23,24);1-7H,(H3,19,21,23,24,25). The number of halogens is 2. The highest BCUT2D eigenvalue weighted by Gasteiger charge is 2.19. The van der Waals surface area contributed by atoms with Crippen molar-refractivity contribution in [2.45, 2.75) is 0 Å². The molecule has 8 aromatic rings. The lowest BCUT2D eigenvalue weighted by molar-refractivity contribution is 0.397. The number of ether oxygens (including phenoxy) is 1. The van der Waals surface area contributed by atoms with Crippen molar-refractivity contribution < 1.29 is 22.6 Å². The van der Waals surface area contributed by atoms with Crippen LogP contribution in [0, 0.1) is 11.6 Å². The molecule has 0 fully saturated rings. The molecule has 54 heavy (non-hydrogen) atoms. The highest BCUT2D eigenvalue weighted by Crippen LogP contribution is 2.25. The maximum atomic E-state index is 13.8. The molecule has 0 saturated carbocycles. The third-order valence-corrected chi connectivity index (χ3v) is 6.82. The fourth-order valence-corrected chi connectivity index (χ4v) is 4.48. The molecular weight excluding hydrogens is 706 g/mol. The number of nitrogen functional groups attached to an aromatic ring is 2. The van der Waals surface area contributed by atoms with E-state index in [9.17, 15) is 8.78 Å². The summed E-state index contributed by atoms with van der Waals surface area (Å²) in [6.45, 7) is 0. The molecule has 6 aromatic heterocycles. The highest BCUT2D eigenvalue weighted by atomic mass is 19.1. The molecule has 6 N–H and O–H groups in total. The second kappa shape index (κ2) is 15.4.